The maximum atomic E-state index is 13.7. The van der Waals surface area contributed by atoms with Crippen molar-refractivity contribution in [1.29, 1.82) is 0 Å². The number of nitrogens with one attached hydrogen (secondary N) is 1. The molecule has 0 unspecified atom stereocenters. The van der Waals surface area contributed by atoms with Crippen molar-refractivity contribution < 1.29 is 28.2 Å². The van der Waals surface area contributed by atoms with Gasteiger partial charge in [0, 0.05) is 12.1 Å². The molecule has 1 heterocycles. The average Bonchev–Trinajstić information content (AvgIpc) is 3.45. The third kappa shape index (κ3) is 4.16. The van der Waals surface area contributed by atoms with Crippen LogP contribution >= 0.6 is 11.6 Å². The van der Waals surface area contributed by atoms with Gasteiger partial charge in [-0.15, -0.1) is 0 Å². The van der Waals surface area contributed by atoms with Gasteiger partial charge in [0.25, 0.3) is 12.3 Å². The summed E-state index contributed by atoms with van der Waals surface area (Å²) < 4.78 is 34.2. The molecule has 166 valence electrons. The number of halogens is 3. The van der Waals surface area contributed by atoms with Crippen LogP contribution in [0.15, 0.2) is 48.5 Å². The number of aromatic nitrogens is 2. The van der Waals surface area contributed by atoms with Gasteiger partial charge in [0.15, 0.2) is 0 Å². The number of carboxylic acids is 1. The van der Waals surface area contributed by atoms with Crippen LogP contribution < -0.4 is 10.1 Å². The molecule has 0 bridgehead atoms. The first kappa shape index (κ1) is 21.8. The lowest BCUT2D eigenvalue weighted by Gasteiger charge is -2.19. The van der Waals surface area contributed by atoms with Crippen LogP contribution in [-0.2, 0) is 12.6 Å². The third-order valence-electron chi connectivity index (χ3n) is 5.25. The number of ether oxygens (including phenoxy) is 1. The lowest BCUT2D eigenvalue weighted by atomic mass is 10.0. The zero-order chi connectivity index (χ0) is 23.0. The number of rotatable bonds is 7. The molecular formula is C22H18ClF2N3O4. The van der Waals surface area contributed by atoms with E-state index < -0.39 is 29.5 Å². The number of nitrogens with zero attached hydrogens (tertiary/aromatic N) is 2. The van der Waals surface area contributed by atoms with Gasteiger partial charge in [0.1, 0.15) is 17.0 Å². The zero-order valence-electron chi connectivity index (χ0n) is 16.8. The van der Waals surface area contributed by atoms with E-state index in [1.54, 1.807) is 30.3 Å². The number of benzene rings is 2. The van der Waals surface area contributed by atoms with Gasteiger partial charge >= 0.3 is 5.97 Å². The summed E-state index contributed by atoms with van der Waals surface area (Å²) in [6.07, 6.45) is -1.83. The molecule has 0 aliphatic heterocycles. The van der Waals surface area contributed by atoms with Gasteiger partial charge in [-0.2, -0.15) is 5.10 Å². The number of aryl methyl sites for hydroxylation is 1. The van der Waals surface area contributed by atoms with Crippen LogP contribution in [0.4, 0.5) is 8.78 Å². The van der Waals surface area contributed by atoms with Gasteiger partial charge in [-0.1, -0.05) is 29.8 Å². The van der Waals surface area contributed by atoms with Gasteiger partial charge < -0.3 is 15.2 Å². The minimum Gasteiger partial charge on any atom is -0.478 e. The summed E-state index contributed by atoms with van der Waals surface area (Å²) >= 11 is 5.96. The number of carboxylic acid groups (broad SMARTS) is 1. The molecule has 0 atom stereocenters. The van der Waals surface area contributed by atoms with E-state index in [4.69, 9.17) is 21.4 Å². The maximum absolute atomic E-state index is 13.7. The van der Waals surface area contributed by atoms with Crippen LogP contribution in [-0.4, -0.2) is 26.8 Å². The second-order valence-electron chi connectivity index (χ2n) is 7.47. The molecular weight excluding hydrogens is 444 g/mol. The van der Waals surface area contributed by atoms with Crippen LogP contribution in [0, 0.1) is 0 Å². The molecule has 2 N–H and O–H groups in total. The molecule has 1 aliphatic carbocycles. The minimum atomic E-state index is -3.00. The minimum absolute atomic E-state index is 0.111. The van der Waals surface area contributed by atoms with Crippen molar-refractivity contribution in [2.75, 3.05) is 0 Å². The number of hydrogen-bond donors (Lipinski definition) is 2. The maximum Gasteiger partial charge on any atom is 0.335 e. The molecule has 1 fully saturated rings. The number of aromatic carboxylic acids is 1. The highest BCUT2D eigenvalue weighted by Crippen LogP contribution is 2.46. The van der Waals surface area contributed by atoms with E-state index in [1.807, 2.05) is 0 Å². The lowest BCUT2D eigenvalue weighted by Crippen LogP contribution is -2.35. The van der Waals surface area contributed by atoms with Crippen molar-refractivity contribution in [2.24, 2.45) is 7.05 Å². The Balaban J connectivity index is 1.66. The van der Waals surface area contributed by atoms with E-state index >= 15 is 0 Å². The van der Waals surface area contributed by atoms with Crippen LogP contribution in [0.25, 0.3) is 0 Å². The first-order valence-corrected chi connectivity index (χ1v) is 10.0. The van der Waals surface area contributed by atoms with Gasteiger partial charge in [-0.3, -0.25) is 4.79 Å². The Kier molecular flexibility index (Phi) is 5.60. The summed E-state index contributed by atoms with van der Waals surface area (Å²) in [4.78, 5) is 24.2. The van der Waals surface area contributed by atoms with Crippen molar-refractivity contribution in [3.8, 4) is 11.6 Å². The van der Waals surface area contributed by atoms with E-state index in [0.29, 0.717) is 23.4 Å². The van der Waals surface area contributed by atoms with Gasteiger partial charge in [-0.05, 0) is 48.7 Å². The number of carbonyl (C=O) groups is 2. The van der Waals surface area contributed by atoms with Crippen LogP contribution in [0.1, 0.15) is 51.2 Å². The van der Waals surface area contributed by atoms with Gasteiger partial charge in [-0.25, -0.2) is 18.3 Å². The fraction of sp³-hybridized carbons (Fsp3) is 0.227. The van der Waals surface area contributed by atoms with Crippen molar-refractivity contribution in [3.63, 3.8) is 0 Å². The molecule has 4 rings (SSSR count). The third-order valence-corrected chi connectivity index (χ3v) is 5.49. The quantitative estimate of drug-likeness (QED) is 0.521. The summed E-state index contributed by atoms with van der Waals surface area (Å²) in [5.74, 6) is -1.70. The number of carbonyl (C=O) groups excluding carboxylic acids is 1. The monoisotopic (exact) mass is 461 g/mol. The second-order valence-corrected chi connectivity index (χ2v) is 7.90. The average molecular weight is 462 g/mol. The van der Waals surface area contributed by atoms with Crippen LogP contribution in [0.5, 0.6) is 11.6 Å². The number of amides is 1. The molecule has 3 aromatic rings. The van der Waals surface area contributed by atoms with Crippen molar-refractivity contribution >= 4 is 23.5 Å². The first-order chi connectivity index (χ1) is 15.2. The number of alkyl halides is 2. The zero-order valence-corrected chi connectivity index (χ0v) is 17.6. The van der Waals surface area contributed by atoms with E-state index in [-0.39, 0.29) is 22.8 Å². The molecule has 2 aromatic carbocycles. The molecule has 32 heavy (non-hydrogen) atoms. The van der Waals surface area contributed by atoms with Gasteiger partial charge in [0.2, 0.25) is 5.88 Å². The predicted octanol–water partition coefficient (Wildman–Crippen LogP) is 4.92. The highest BCUT2D eigenvalue weighted by molar-refractivity contribution is 6.30. The molecule has 1 aromatic heterocycles. The highest BCUT2D eigenvalue weighted by Gasteiger charge is 2.47. The topological polar surface area (TPSA) is 93.5 Å². The fourth-order valence-electron chi connectivity index (χ4n) is 3.48. The molecule has 0 spiro atoms. The summed E-state index contributed by atoms with van der Waals surface area (Å²) in [5, 5.41) is 16.1. The van der Waals surface area contributed by atoms with E-state index in [0.717, 1.165) is 4.68 Å². The molecule has 0 saturated heterocycles. The first-order valence-electron chi connectivity index (χ1n) is 9.65. The van der Waals surface area contributed by atoms with Crippen LogP contribution in [0.2, 0.25) is 5.02 Å². The van der Waals surface area contributed by atoms with E-state index in [9.17, 15) is 18.4 Å². The molecule has 10 heteroatoms. The van der Waals surface area contributed by atoms with Crippen molar-refractivity contribution in [3.05, 3.63) is 75.9 Å². The Morgan fingerprint density at radius 3 is 2.47 bits per heavy atom. The Morgan fingerprint density at radius 1 is 1.22 bits per heavy atom. The standard InChI is InChI=1S/C22H18ClF2N3O4/c1-28-20(32-15-4-2-3-14(23)11-15)16(17(27-28)18(24)25)19(29)26-22(9-10-22)13-7-5-12(6-8-13)21(30)31/h2-8,11,18H,9-10H2,1H3,(H,26,29)(H,30,31). The van der Waals surface area contributed by atoms with E-state index in [2.05, 4.69) is 10.4 Å². The molecule has 1 saturated carbocycles. The Hall–Kier alpha value is -3.46. The lowest BCUT2D eigenvalue weighted by molar-refractivity contribution is 0.0696. The second kappa shape index (κ2) is 8.23. The number of hydrogen-bond acceptors (Lipinski definition) is 4. The highest BCUT2D eigenvalue weighted by atomic mass is 35.5. The SMILES string of the molecule is Cn1nc(C(F)F)c(C(=O)NC2(c3ccc(C(=O)O)cc3)CC2)c1Oc1cccc(Cl)c1. The van der Waals surface area contributed by atoms with Crippen molar-refractivity contribution in [2.45, 2.75) is 24.8 Å². The molecule has 1 amide bonds. The van der Waals surface area contributed by atoms with Gasteiger partial charge in [0.05, 0.1) is 11.1 Å². The Bertz CT molecular complexity index is 1190. The smallest absolute Gasteiger partial charge is 0.335 e. The molecule has 1 aliphatic rings. The molecule has 7 nitrogen and oxygen atoms in total. The van der Waals surface area contributed by atoms with Crippen LogP contribution in [0.3, 0.4) is 0 Å². The Morgan fingerprint density at radius 2 is 1.91 bits per heavy atom. The predicted molar refractivity (Wildman–Crippen MR) is 111 cm³/mol. The fourth-order valence-corrected chi connectivity index (χ4v) is 3.66. The normalized spacial score (nSPS) is 14.3. The van der Waals surface area contributed by atoms with Crippen molar-refractivity contribution in [1.82, 2.24) is 15.1 Å². The summed E-state index contributed by atoms with van der Waals surface area (Å²) in [6.45, 7) is 0. The van der Waals surface area contributed by atoms with E-state index in [1.165, 1.54) is 25.2 Å². The summed E-state index contributed by atoms with van der Waals surface area (Å²) in [5.41, 5.74) is -1.03. The summed E-state index contributed by atoms with van der Waals surface area (Å²) in [6, 6.07) is 12.4. The largest absolute Gasteiger partial charge is 0.478 e. The molecule has 0 radical (unpaired) electrons. The summed E-state index contributed by atoms with van der Waals surface area (Å²) in [7, 11) is 1.40. The Labute approximate surface area is 186 Å².